The number of aromatic amines is 1. The molecule has 0 spiro atoms. The largest absolute Gasteiger partial charge is 0.348 e. The topological polar surface area (TPSA) is 61.0 Å². The van der Waals surface area contributed by atoms with E-state index in [4.69, 9.17) is 0 Å². The standard InChI is InChI=1S/C16H20N4O/c21-16(15-13-3-1-2-4-14(13)18-19-15)17-11-7-9-20(10-8-11)12-5-6-12/h1-4,11-12H,5-10H2,(H,17,21)(H,18,19). The number of fused-ring (bicyclic) bond motifs is 1. The second-order valence-electron chi connectivity index (χ2n) is 6.13. The second-order valence-corrected chi connectivity index (χ2v) is 6.13. The second kappa shape index (κ2) is 5.15. The van der Waals surface area contributed by atoms with Crippen LogP contribution in [0.4, 0.5) is 0 Å². The number of H-pyrrole nitrogens is 1. The average Bonchev–Trinajstić information content (AvgIpc) is 3.27. The quantitative estimate of drug-likeness (QED) is 0.905. The van der Waals surface area contributed by atoms with E-state index >= 15 is 0 Å². The molecule has 1 saturated heterocycles. The van der Waals surface area contributed by atoms with Crippen molar-refractivity contribution in [2.45, 2.75) is 37.8 Å². The minimum absolute atomic E-state index is 0.0580. The van der Waals surface area contributed by atoms with Gasteiger partial charge in [0.25, 0.3) is 5.91 Å². The van der Waals surface area contributed by atoms with E-state index in [0.29, 0.717) is 5.69 Å². The highest BCUT2D eigenvalue weighted by Gasteiger charge is 2.32. The Kier molecular flexibility index (Phi) is 3.15. The Labute approximate surface area is 123 Å². The molecule has 110 valence electrons. The van der Waals surface area contributed by atoms with Crippen LogP contribution in [0.15, 0.2) is 24.3 Å². The smallest absolute Gasteiger partial charge is 0.272 e. The highest BCUT2D eigenvalue weighted by Crippen LogP contribution is 2.29. The van der Waals surface area contributed by atoms with Gasteiger partial charge in [0, 0.05) is 30.6 Å². The minimum Gasteiger partial charge on any atom is -0.348 e. The third kappa shape index (κ3) is 2.53. The van der Waals surface area contributed by atoms with Crippen LogP contribution in [0.5, 0.6) is 0 Å². The number of piperidine rings is 1. The van der Waals surface area contributed by atoms with Crippen LogP contribution in [0.1, 0.15) is 36.2 Å². The van der Waals surface area contributed by atoms with Gasteiger partial charge in [-0.25, -0.2) is 0 Å². The maximum Gasteiger partial charge on any atom is 0.272 e. The van der Waals surface area contributed by atoms with Crippen LogP contribution < -0.4 is 5.32 Å². The number of hydrogen-bond acceptors (Lipinski definition) is 3. The number of likely N-dealkylation sites (tertiary alicyclic amines) is 1. The fourth-order valence-electron chi connectivity index (χ4n) is 3.24. The first kappa shape index (κ1) is 12.8. The lowest BCUT2D eigenvalue weighted by Gasteiger charge is -2.32. The fourth-order valence-corrected chi connectivity index (χ4v) is 3.24. The number of carbonyl (C=O) groups is 1. The Morgan fingerprint density at radius 3 is 2.71 bits per heavy atom. The summed E-state index contributed by atoms with van der Waals surface area (Å²) < 4.78 is 0. The van der Waals surface area contributed by atoms with Gasteiger partial charge in [-0.2, -0.15) is 5.10 Å². The van der Waals surface area contributed by atoms with Gasteiger partial charge >= 0.3 is 0 Å². The Morgan fingerprint density at radius 1 is 1.19 bits per heavy atom. The number of benzene rings is 1. The molecule has 2 heterocycles. The molecule has 5 nitrogen and oxygen atoms in total. The number of hydrogen-bond donors (Lipinski definition) is 2. The highest BCUT2D eigenvalue weighted by atomic mass is 16.2. The molecule has 2 aromatic rings. The van der Waals surface area contributed by atoms with E-state index in [1.165, 1.54) is 12.8 Å². The van der Waals surface area contributed by atoms with Crippen molar-refractivity contribution in [3.63, 3.8) is 0 Å². The van der Waals surface area contributed by atoms with Crippen molar-refractivity contribution in [2.24, 2.45) is 0 Å². The van der Waals surface area contributed by atoms with Crippen molar-refractivity contribution < 1.29 is 4.79 Å². The van der Waals surface area contributed by atoms with Gasteiger partial charge in [-0.3, -0.25) is 9.89 Å². The van der Waals surface area contributed by atoms with Crippen LogP contribution in [0.2, 0.25) is 0 Å². The number of carbonyl (C=O) groups excluding carboxylic acids is 1. The van der Waals surface area contributed by atoms with Crippen LogP contribution >= 0.6 is 0 Å². The summed E-state index contributed by atoms with van der Waals surface area (Å²) >= 11 is 0. The third-order valence-corrected chi connectivity index (χ3v) is 4.61. The average molecular weight is 284 g/mol. The molecule has 1 aromatic carbocycles. The van der Waals surface area contributed by atoms with E-state index in [9.17, 15) is 4.79 Å². The SMILES string of the molecule is O=C(NC1CCN(C2CC2)CC1)c1n[nH]c2ccccc12. The summed E-state index contributed by atoms with van der Waals surface area (Å²) in [6, 6.07) is 8.86. The number of aromatic nitrogens is 2. The molecule has 1 aliphatic carbocycles. The monoisotopic (exact) mass is 284 g/mol. The molecule has 0 radical (unpaired) electrons. The van der Waals surface area contributed by atoms with E-state index in [1.54, 1.807) is 0 Å². The predicted molar refractivity (Wildman–Crippen MR) is 81.2 cm³/mol. The van der Waals surface area contributed by atoms with Crippen LogP contribution in [0, 0.1) is 0 Å². The summed E-state index contributed by atoms with van der Waals surface area (Å²) in [6.45, 7) is 2.22. The Hall–Kier alpha value is -1.88. The third-order valence-electron chi connectivity index (χ3n) is 4.61. The summed E-state index contributed by atoms with van der Waals surface area (Å²) in [5.74, 6) is -0.0580. The van der Waals surface area contributed by atoms with Crippen molar-refractivity contribution in [3.8, 4) is 0 Å². The van der Waals surface area contributed by atoms with Gasteiger partial charge in [-0.05, 0) is 31.7 Å². The van der Waals surface area contributed by atoms with Gasteiger partial charge in [0.1, 0.15) is 0 Å². The minimum atomic E-state index is -0.0580. The Morgan fingerprint density at radius 2 is 1.95 bits per heavy atom. The summed E-state index contributed by atoms with van der Waals surface area (Å²) in [6.07, 6.45) is 4.81. The first-order valence-electron chi connectivity index (χ1n) is 7.79. The van der Waals surface area contributed by atoms with Crippen molar-refractivity contribution >= 4 is 16.8 Å². The van der Waals surface area contributed by atoms with Crippen molar-refractivity contribution in [2.75, 3.05) is 13.1 Å². The van der Waals surface area contributed by atoms with Gasteiger partial charge in [0.2, 0.25) is 0 Å². The lowest BCUT2D eigenvalue weighted by molar-refractivity contribution is 0.0905. The van der Waals surface area contributed by atoms with Gasteiger partial charge in [-0.1, -0.05) is 18.2 Å². The number of para-hydroxylation sites is 1. The van der Waals surface area contributed by atoms with Crippen LogP contribution in [-0.2, 0) is 0 Å². The lowest BCUT2D eigenvalue weighted by atomic mass is 10.0. The fraction of sp³-hybridized carbons (Fsp3) is 0.500. The first-order chi connectivity index (χ1) is 10.3. The highest BCUT2D eigenvalue weighted by molar-refractivity contribution is 6.04. The normalized spacial score (nSPS) is 20.8. The van der Waals surface area contributed by atoms with Crippen molar-refractivity contribution in [1.82, 2.24) is 20.4 Å². The molecule has 2 aliphatic rings. The van der Waals surface area contributed by atoms with E-state index in [2.05, 4.69) is 20.4 Å². The van der Waals surface area contributed by atoms with E-state index < -0.39 is 0 Å². The molecular weight excluding hydrogens is 264 g/mol. The molecule has 0 bridgehead atoms. The molecule has 1 saturated carbocycles. The molecule has 0 atom stereocenters. The summed E-state index contributed by atoms with van der Waals surface area (Å²) in [7, 11) is 0. The van der Waals surface area contributed by atoms with Crippen molar-refractivity contribution in [3.05, 3.63) is 30.0 Å². The molecule has 1 aliphatic heterocycles. The van der Waals surface area contributed by atoms with Crippen LogP contribution in [-0.4, -0.2) is 46.2 Å². The van der Waals surface area contributed by atoms with Crippen LogP contribution in [0.25, 0.3) is 10.9 Å². The van der Waals surface area contributed by atoms with E-state index in [0.717, 1.165) is 42.9 Å². The predicted octanol–water partition coefficient (Wildman–Crippen LogP) is 1.92. The maximum absolute atomic E-state index is 12.4. The Balaban J connectivity index is 1.41. The van der Waals surface area contributed by atoms with Crippen LogP contribution in [0.3, 0.4) is 0 Å². The molecule has 1 amide bonds. The van der Waals surface area contributed by atoms with Gasteiger partial charge in [-0.15, -0.1) is 0 Å². The zero-order valence-corrected chi connectivity index (χ0v) is 12.0. The summed E-state index contributed by atoms with van der Waals surface area (Å²) in [5, 5.41) is 11.1. The number of amides is 1. The molecular formula is C16H20N4O. The molecule has 21 heavy (non-hydrogen) atoms. The molecule has 0 unspecified atom stereocenters. The summed E-state index contributed by atoms with van der Waals surface area (Å²) in [4.78, 5) is 15.0. The van der Waals surface area contributed by atoms with Gasteiger partial charge < -0.3 is 10.2 Å². The molecule has 1 aromatic heterocycles. The van der Waals surface area contributed by atoms with E-state index in [-0.39, 0.29) is 11.9 Å². The first-order valence-corrected chi connectivity index (χ1v) is 7.79. The number of rotatable bonds is 3. The van der Waals surface area contributed by atoms with Gasteiger partial charge in [0.05, 0.1) is 5.52 Å². The lowest BCUT2D eigenvalue weighted by Crippen LogP contribution is -2.45. The van der Waals surface area contributed by atoms with Crippen molar-refractivity contribution in [1.29, 1.82) is 0 Å². The van der Waals surface area contributed by atoms with Gasteiger partial charge in [0.15, 0.2) is 5.69 Å². The molecule has 2 N–H and O–H groups in total. The zero-order chi connectivity index (χ0) is 14.2. The zero-order valence-electron chi connectivity index (χ0n) is 12.0. The molecule has 2 fully saturated rings. The number of nitrogens with one attached hydrogen (secondary N) is 2. The molecule has 4 rings (SSSR count). The number of nitrogens with zero attached hydrogens (tertiary/aromatic N) is 2. The summed E-state index contributed by atoms with van der Waals surface area (Å²) in [5.41, 5.74) is 1.42. The molecule has 5 heteroatoms. The Bertz CT molecular complexity index is 653. The maximum atomic E-state index is 12.4. The van der Waals surface area contributed by atoms with E-state index in [1.807, 2.05) is 24.3 Å².